The van der Waals surface area contributed by atoms with Gasteiger partial charge in [0.15, 0.2) is 0 Å². The van der Waals surface area contributed by atoms with Crippen molar-refractivity contribution < 1.29 is 9.90 Å². The minimum atomic E-state index is -0.711. The molecular formula is C20H24O2. The Hall–Kier alpha value is -2.29. The molecule has 0 aromatic rings. The maximum atomic E-state index is 10.3. The molecule has 0 aliphatic heterocycles. The molecule has 0 unspecified atom stereocenters. The Kier molecular flexibility index (Phi) is 15.0. The van der Waals surface area contributed by atoms with E-state index in [2.05, 4.69) is 47.4 Å². The van der Waals surface area contributed by atoms with E-state index in [1.807, 2.05) is 6.92 Å². The first-order chi connectivity index (χ1) is 10.8. The lowest BCUT2D eigenvalue weighted by Gasteiger charge is -1.95. The summed E-state index contributed by atoms with van der Waals surface area (Å²) in [7, 11) is 0. The van der Waals surface area contributed by atoms with E-state index < -0.39 is 5.97 Å². The number of aliphatic carboxylic acids is 1. The number of hydrogen-bond acceptors (Lipinski definition) is 1. The smallest absolute Gasteiger partial charge is 0.303 e. The molecule has 1 N–H and O–H groups in total. The van der Waals surface area contributed by atoms with Crippen LogP contribution < -0.4 is 0 Å². The molecule has 2 nitrogen and oxygen atoms in total. The average molecular weight is 296 g/mol. The molecule has 0 spiro atoms. The Morgan fingerprint density at radius 3 is 1.77 bits per heavy atom. The van der Waals surface area contributed by atoms with Gasteiger partial charge in [0, 0.05) is 19.3 Å². The molecule has 0 atom stereocenters. The molecule has 0 radical (unpaired) electrons. The first kappa shape index (κ1) is 19.7. The summed E-state index contributed by atoms with van der Waals surface area (Å²) in [5.74, 6) is 23.2. The van der Waals surface area contributed by atoms with Crippen LogP contribution in [-0.4, -0.2) is 11.1 Å². The molecule has 0 heterocycles. The molecule has 0 bridgehead atoms. The molecule has 0 rings (SSSR count). The molecule has 0 aliphatic carbocycles. The van der Waals surface area contributed by atoms with Crippen LogP contribution in [0.3, 0.4) is 0 Å². The van der Waals surface area contributed by atoms with Crippen LogP contribution in [0.4, 0.5) is 0 Å². The van der Waals surface area contributed by atoms with Gasteiger partial charge in [-0.05, 0) is 12.8 Å². The molecule has 0 aromatic carbocycles. The highest BCUT2D eigenvalue weighted by Gasteiger charge is 1.95. The van der Waals surface area contributed by atoms with Crippen molar-refractivity contribution >= 4 is 5.97 Å². The second-order valence-electron chi connectivity index (χ2n) is 4.61. The zero-order chi connectivity index (χ0) is 16.3. The Labute approximate surface area is 135 Å². The van der Waals surface area contributed by atoms with Crippen LogP contribution in [0.1, 0.15) is 71.1 Å². The quantitative estimate of drug-likeness (QED) is 0.594. The summed E-state index contributed by atoms with van der Waals surface area (Å²) in [4.78, 5) is 10.3. The lowest BCUT2D eigenvalue weighted by molar-refractivity contribution is -0.137. The first-order valence-corrected chi connectivity index (χ1v) is 7.82. The Morgan fingerprint density at radius 1 is 0.727 bits per heavy atom. The molecule has 0 saturated heterocycles. The van der Waals surface area contributed by atoms with Crippen molar-refractivity contribution in [2.45, 2.75) is 71.1 Å². The van der Waals surface area contributed by atoms with Crippen molar-refractivity contribution in [2.75, 3.05) is 0 Å². The molecule has 0 amide bonds. The summed E-state index contributed by atoms with van der Waals surface area (Å²) in [6, 6.07) is 0. The zero-order valence-electron chi connectivity index (χ0n) is 13.4. The van der Waals surface area contributed by atoms with Crippen LogP contribution in [0.5, 0.6) is 0 Å². The minimum Gasteiger partial charge on any atom is -0.481 e. The Balaban J connectivity index is 3.49. The number of carbonyl (C=O) groups is 1. The van der Waals surface area contributed by atoms with Crippen molar-refractivity contribution in [3.8, 4) is 47.4 Å². The van der Waals surface area contributed by atoms with Crippen LogP contribution in [0.25, 0.3) is 0 Å². The number of rotatable bonds is 6. The highest BCUT2D eigenvalue weighted by Crippen LogP contribution is 2.04. The molecule has 0 saturated carbocycles. The normalized spacial score (nSPS) is 8.05. The molecule has 0 fully saturated rings. The van der Waals surface area contributed by atoms with Crippen molar-refractivity contribution in [3.05, 3.63) is 0 Å². The molecular weight excluding hydrogens is 272 g/mol. The molecule has 116 valence electrons. The van der Waals surface area contributed by atoms with Crippen LogP contribution in [-0.2, 0) is 4.79 Å². The molecule has 0 aromatic heterocycles. The average Bonchev–Trinajstić information content (AvgIpc) is 2.50. The van der Waals surface area contributed by atoms with E-state index in [4.69, 9.17) is 5.11 Å². The summed E-state index contributed by atoms with van der Waals surface area (Å²) in [6.45, 7) is 2.02. The van der Waals surface area contributed by atoms with Crippen LogP contribution >= 0.6 is 0 Å². The van der Waals surface area contributed by atoms with Gasteiger partial charge in [0.1, 0.15) is 0 Å². The lowest BCUT2D eigenvalue weighted by Crippen LogP contribution is -1.93. The fourth-order valence-corrected chi connectivity index (χ4v) is 1.56. The predicted molar refractivity (Wildman–Crippen MR) is 90.6 cm³/mol. The minimum absolute atomic E-state index is 0.273. The molecule has 2 heteroatoms. The highest BCUT2D eigenvalue weighted by molar-refractivity contribution is 5.66. The Morgan fingerprint density at radius 2 is 1.23 bits per heavy atom. The van der Waals surface area contributed by atoms with Gasteiger partial charge in [0.2, 0.25) is 0 Å². The van der Waals surface area contributed by atoms with E-state index in [1.54, 1.807) is 0 Å². The summed E-state index contributed by atoms with van der Waals surface area (Å²) in [6.07, 6.45) is 7.63. The third-order valence-electron chi connectivity index (χ3n) is 2.65. The topological polar surface area (TPSA) is 37.3 Å². The van der Waals surface area contributed by atoms with Crippen molar-refractivity contribution in [3.63, 3.8) is 0 Å². The number of unbranched alkanes of at least 4 members (excludes halogenated alkanes) is 4. The van der Waals surface area contributed by atoms with E-state index >= 15 is 0 Å². The standard InChI is InChI=1S/C20H24O2/c1-2-3-4-5-6-7-8-9-10-11-12-13-14-15-16-17-18-19-20(21)22/h2,5,8,11,14-19H2,1H3,(H,21,22). The number of carboxylic acids is 1. The fraction of sp³-hybridized carbons (Fsp3) is 0.550. The van der Waals surface area contributed by atoms with Gasteiger partial charge in [-0.1, -0.05) is 55.3 Å². The number of hydrogen-bond donors (Lipinski definition) is 1. The first-order valence-electron chi connectivity index (χ1n) is 7.82. The van der Waals surface area contributed by atoms with Gasteiger partial charge in [-0.15, -0.1) is 11.8 Å². The third kappa shape index (κ3) is 17.7. The van der Waals surface area contributed by atoms with E-state index in [1.165, 1.54) is 0 Å². The predicted octanol–water partition coefficient (Wildman–Crippen LogP) is 4.01. The number of carboxylic acid groups (broad SMARTS) is 1. The summed E-state index contributed by atoms with van der Waals surface area (Å²) >= 11 is 0. The van der Waals surface area contributed by atoms with Gasteiger partial charge >= 0.3 is 5.97 Å². The van der Waals surface area contributed by atoms with E-state index in [0.29, 0.717) is 19.3 Å². The van der Waals surface area contributed by atoms with Crippen molar-refractivity contribution in [1.29, 1.82) is 0 Å². The van der Waals surface area contributed by atoms with Crippen LogP contribution in [0.2, 0.25) is 0 Å². The maximum Gasteiger partial charge on any atom is 0.303 e. The van der Waals surface area contributed by atoms with Gasteiger partial charge in [0.05, 0.1) is 19.3 Å². The van der Waals surface area contributed by atoms with Gasteiger partial charge in [-0.2, -0.15) is 0 Å². The highest BCUT2D eigenvalue weighted by atomic mass is 16.4. The van der Waals surface area contributed by atoms with Crippen LogP contribution in [0, 0.1) is 47.4 Å². The SMILES string of the molecule is CCC#CCC#CCC#CCC#CCCCCCCC(=O)O. The summed E-state index contributed by atoms with van der Waals surface area (Å²) in [5, 5.41) is 8.49. The molecule has 22 heavy (non-hydrogen) atoms. The van der Waals surface area contributed by atoms with Gasteiger partial charge < -0.3 is 5.11 Å². The second-order valence-corrected chi connectivity index (χ2v) is 4.61. The fourth-order valence-electron chi connectivity index (χ4n) is 1.56. The summed E-state index contributed by atoms with van der Waals surface area (Å²) in [5.41, 5.74) is 0. The largest absolute Gasteiger partial charge is 0.481 e. The third-order valence-corrected chi connectivity index (χ3v) is 2.65. The van der Waals surface area contributed by atoms with Crippen molar-refractivity contribution in [1.82, 2.24) is 0 Å². The lowest BCUT2D eigenvalue weighted by atomic mass is 10.1. The second kappa shape index (κ2) is 16.8. The maximum absolute atomic E-state index is 10.3. The summed E-state index contributed by atoms with van der Waals surface area (Å²) < 4.78 is 0. The van der Waals surface area contributed by atoms with E-state index in [-0.39, 0.29) is 6.42 Å². The zero-order valence-corrected chi connectivity index (χ0v) is 13.4. The van der Waals surface area contributed by atoms with Gasteiger partial charge in [-0.3, -0.25) is 4.79 Å². The van der Waals surface area contributed by atoms with Gasteiger partial charge in [-0.25, -0.2) is 0 Å². The van der Waals surface area contributed by atoms with Gasteiger partial charge in [0.25, 0.3) is 0 Å². The van der Waals surface area contributed by atoms with E-state index in [9.17, 15) is 4.79 Å². The Bertz CT molecular complexity index is 541. The van der Waals surface area contributed by atoms with Crippen LogP contribution in [0.15, 0.2) is 0 Å². The van der Waals surface area contributed by atoms with E-state index in [0.717, 1.165) is 38.5 Å². The molecule has 0 aliphatic rings. The van der Waals surface area contributed by atoms with Crippen molar-refractivity contribution in [2.24, 2.45) is 0 Å². The monoisotopic (exact) mass is 296 g/mol.